The summed E-state index contributed by atoms with van der Waals surface area (Å²) < 4.78 is 9.87. The van der Waals surface area contributed by atoms with E-state index in [-0.39, 0.29) is 17.8 Å². The summed E-state index contributed by atoms with van der Waals surface area (Å²) >= 11 is 0. The highest BCUT2D eigenvalue weighted by Gasteiger charge is 2.27. The molecule has 0 atom stereocenters. The van der Waals surface area contributed by atoms with Crippen molar-refractivity contribution in [1.29, 1.82) is 0 Å². The Hall–Kier alpha value is -2.05. The van der Waals surface area contributed by atoms with Gasteiger partial charge in [-0.15, -0.1) is 0 Å². The first-order chi connectivity index (χ1) is 9.13. The molecule has 0 N–H and O–H groups in total. The fourth-order valence-corrected chi connectivity index (χ4v) is 1.95. The Balaban J connectivity index is 1.92. The van der Waals surface area contributed by atoms with E-state index in [2.05, 4.69) is 5.16 Å². The number of aromatic nitrogens is 1. The molecule has 0 spiro atoms. The van der Waals surface area contributed by atoms with Crippen LogP contribution in [0.1, 0.15) is 23.0 Å². The molecule has 1 aromatic heterocycles. The van der Waals surface area contributed by atoms with E-state index in [4.69, 9.17) is 9.26 Å². The van der Waals surface area contributed by atoms with E-state index >= 15 is 0 Å². The quantitative estimate of drug-likeness (QED) is 0.795. The number of rotatable bonds is 2. The molecular formula is C12H17N3O4. The lowest BCUT2D eigenvalue weighted by molar-refractivity contribution is 0.0538. The highest BCUT2D eigenvalue weighted by molar-refractivity contribution is 5.92. The highest BCUT2D eigenvalue weighted by Crippen LogP contribution is 2.12. The minimum Gasteiger partial charge on any atom is -0.450 e. The van der Waals surface area contributed by atoms with Gasteiger partial charge in [0.2, 0.25) is 5.76 Å². The summed E-state index contributed by atoms with van der Waals surface area (Å²) in [5, 5.41) is 3.60. The van der Waals surface area contributed by atoms with Crippen LogP contribution in [0.5, 0.6) is 0 Å². The summed E-state index contributed by atoms with van der Waals surface area (Å²) in [6, 6.07) is 0. The molecule has 7 heteroatoms. The Labute approximate surface area is 111 Å². The minimum atomic E-state index is -0.328. The summed E-state index contributed by atoms with van der Waals surface area (Å²) in [6.07, 6.45) is 1.19. The van der Waals surface area contributed by atoms with Crippen molar-refractivity contribution in [1.82, 2.24) is 15.0 Å². The predicted molar refractivity (Wildman–Crippen MR) is 65.7 cm³/mol. The Morgan fingerprint density at radius 3 is 2.47 bits per heavy atom. The number of hydrogen-bond acceptors (Lipinski definition) is 5. The fourth-order valence-electron chi connectivity index (χ4n) is 1.95. The van der Waals surface area contributed by atoms with E-state index < -0.39 is 0 Å². The van der Waals surface area contributed by atoms with Gasteiger partial charge in [-0.25, -0.2) is 4.79 Å². The smallest absolute Gasteiger partial charge is 0.409 e. The zero-order valence-corrected chi connectivity index (χ0v) is 11.1. The number of nitrogens with zero attached hydrogens (tertiary/aromatic N) is 3. The SMILES string of the molecule is CCOC(=O)N1CCN(C(=O)c2oncc2C)CC1. The van der Waals surface area contributed by atoms with Crippen LogP contribution in [-0.2, 0) is 4.74 Å². The zero-order valence-electron chi connectivity index (χ0n) is 11.1. The minimum absolute atomic E-state index is 0.182. The number of aryl methyl sites for hydroxylation is 1. The molecule has 0 unspecified atom stereocenters. The van der Waals surface area contributed by atoms with Gasteiger partial charge in [0.25, 0.3) is 5.91 Å². The van der Waals surface area contributed by atoms with Crippen molar-refractivity contribution in [2.24, 2.45) is 0 Å². The average molecular weight is 267 g/mol. The second-order valence-electron chi connectivity index (χ2n) is 4.32. The van der Waals surface area contributed by atoms with Crippen molar-refractivity contribution in [3.8, 4) is 0 Å². The van der Waals surface area contributed by atoms with Gasteiger partial charge in [0.1, 0.15) is 0 Å². The fraction of sp³-hybridized carbons (Fsp3) is 0.583. The van der Waals surface area contributed by atoms with Crippen LogP contribution in [-0.4, -0.2) is 59.7 Å². The molecule has 1 aliphatic rings. The van der Waals surface area contributed by atoms with E-state index in [0.29, 0.717) is 32.8 Å². The van der Waals surface area contributed by atoms with Crippen LogP contribution >= 0.6 is 0 Å². The number of amides is 2. The Morgan fingerprint density at radius 2 is 1.95 bits per heavy atom. The van der Waals surface area contributed by atoms with Crippen LogP contribution < -0.4 is 0 Å². The Morgan fingerprint density at radius 1 is 1.32 bits per heavy atom. The second kappa shape index (κ2) is 5.73. The molecule has 0 aromatic carbocycles. The molecule has 0 bridgehead atoms. The number of carbonyl (C=O) groups is 2. The molecule has 0 radical (unpaired) electrons. The first kappa shape index (κ1) is 13.4. The highest BCUT2D eigenvalue weighted by atomic mass is 16.6. The summed E-state index contributed by atoms with van der Waals surface area (Å²) in [5.74, 6) is 0.0862. The lowest BCUT2D eigenvalue weighted by atomic mass is 10.2. The molecule has 1 aliphatic heterocycles. The first-order valence-electron chi connectivity index (χ1n) is 6.25. The summed E-state index contributed by atoms with van der Waals surface area (Å²) in [4.78, 5) is 26.9. The van der Waals surface area contributed by atoms with Gasteiger partial charge in [0.15, 0.2) is 0 Å². The van der Waals surface area contributed by atoms with Crippen molar-refractivity contribution >= 4 is 12.0 Å². The Bertz CT molecular complexity index is 463. The van der Waals surface area contributed by atoms with Gasteiger partial charge in [0, 0.05) is 31.7 Å². The lowest BCUT2D eigenvalue weighted by Crippen LogP contribution is -2.50. The van der Waals surface area contributed by atoms with Crippen LogP contribution in [0.25, 0.3) is 0 Å². The zero-order chi connectivity index (χ0) is 13.8. The molecule has 2 amide bonds. The van der Waals surface area contributed by atoms with E-state index in [1.54, 1.807) is 23.6 Å². The van der Waals surface area contributed by atoms with Crippen LogP contribution in [0.3, 0.4) is 0 Å². The predicted octanol–water partition coefficient (Wildman–Crippen LogP) is 0.897. The summed E-state index contributed by atoms with van der Waals surface area (Å²) in [5.41, 5.74) is 0.720. The van der Waals surface area contributed by atoms with Crippen LogP contribution in [0.4, 0.5) is 4.79 Å². The molecule has 1 aromatic rings. The van der Waals surface area contributed by atoms with E-state index in [9.17, 15) is 9.59 Å². The molecule has 19 heavy (non-hydrogen) atoms. The monoisotopic (exact) mass is 267 g/mol. The van der Waals surface area contributed by atoms with Crippen molar-refractivity contribution in [3.05, 3.63) is 17.5 Å². The molecule has 1 saturated heterocycles. The van der Waals surface area contributed by atoms with E-state index in [1.807, 2.05) is 0 Å². The van der Waals surface area contributed by atoms with Crippen molar-refractivity contribution in [3.63, 3.8) is 0 Å². The molecule has 0 aliphatic carbocycles. The molecule has 104 valence electrons. The number of piperazine rings is 1. The van der Waals surface area contributed by atoms with E-state index in [1.165, 1.54) is 6.20 Å². The van der Waals surface area contributed by atoms with Crippen molar-refractivity contribution in [2.75, 3.05) is 32.8 Å². The van der Waals surface area contributed by atoms with Gasteiger partial charge in [-0.2, -0.15) is 0 Å². The number of carbonyl (C=O) groups excluding carboxylic acids is 2. The van der Waals surface area contributed by atoms with Gasteiger partial charge in [-0.1, -0.05) is 5.16 Å². The molecule has 1 fully saturated rings. The van der Waals surface area contributed by atoms with Gasteiger partial charge in [0.05, 0.1) is 12.8 Å². The van der Waals surface area contributed by atoms with E-state index in [0.717, 1.165) is 5.56 Å². The maximum absolute atomic E-state index is 12.1. The average Bonchev–Trinajstić information content (AvgIpc) is 2.84. The second-order valence-corrected chi connectivity index (χ2v) is 4.32. The third kappa shape index (κ3) is 2.86. The van der Waals surface area contributed by atoms with Crippen LogP contribution in [0, 0.1) is 6.92 Å². The molecular weight excluding hydrogens is 250 g/mol. The lowest BCUT2D eigenvalue weighted by Gasteiger charge is -2.33. The maximum atomic E-state index is 12.1. The molecule has 2 rings (SSSR count). The normalized spacial score (nSPS) is 15.5. The largest absolute Gasteiger partial charge is 0.450 e. The summed E-state index contributed by atoms with van der Waals surface area (Å²) in [7, 11) is 0. The third-order valence-electron chi connectivity index (χ3n) is 3.04. The first-order valence-corrected chi connectivity index (χ1v) is 6.25. The molecule has 7 nitrogen and oxygen atoms in total. The van der Waals surface area contributed by atoms with Gasteiger partial charge >= 0.3 is 6.09 Å². The van der Waals surface area contributed by atoms with Gasteiger partial charge in [-0.3, -0.25) is 4.79 Å². The van der Waals surface area contributed by atoms with Crippen molar-refractivity contribution < 1.29 is 18.8 Å². The maximum Gasteiger partial charge on any atom is 0.409 e. The summed E-state index contributed by atoms with van der Waals surface area (Å²) in [6.45, 7) is 5.78. The molecule has 0 saturated carbocycles. The topological polar surface area (TPSA) is 75.9 Å². The van der Waals surface area contributed by atoms with Crippen LogP contribution in [0.15, 0.2) is 10.7 Å². The Kier molecular flexibility index (Phi) is 4.03. The van der Waals surface area contributed by atoms with Gasteiger partial charge < -0.3 is 19.1 Å². The molecule has 2 heterocycles. The number of hydrogen-bond donors (Lipinski definition) is 0. The van der Waals surface area contributed by atoms with Crippen LogP contribution in [0.2, 0.25) is 0 Å². The number of ether oxygens (including phenoxy) is 1. The standard InChI is InChI=1S/C12H17N3O4/c1-3-18-12(17)15-6-4-14(5-7-15)11(16)10-9(2)8-13-19-10/h8H,3-7H2,1-2H3. The third-order valence-corrected chi connectivity index (χ3v) is 3.04. The van der Waals surface area contributed by atoms with Gasteiger partial charge in [-0.05, 0) is 13.8 Å². The van der Waals surface area contributed by atoms with Crippen molar-refractivity contribution in [2.45, 2.75) is 13.8 Å².